The number of nitrogens with two attached hydrogens (primary N) is 1. The van der Waals surface area contributed by atoms with E-state index >= 15 is 0 Å². The molecule has 1 saturated heterocycles. The third kappa shape index (κ3) is 2.49. The topological polar surface area (TPSA) is 55.6 Å². The molecule has 1 aromatic carbocycles. The van der Waals surface area contributed by atoms with Crippen LogP contribution in [0.15, 0.2) is 30.3 Å². The number of ether oxygens (including phenoxy) is 1. The lowest BCUT2D eigenvalue weighted by atomic mass is 9.96. The highest BCUT2D eigenvalue weighted by molar-refractivity contribution is 5.93. The van der Waals surface area contributed by atoms with Gasteiger partial charge in [-0.25, -0.2) is 0 Å². The smallest absolute Gasteiger partial charge is 0.183 e. The second-order valence-corrected chi connectivity index (χ2v) is 4.51. The Kier molecular flexibility index (Phi) is 3.08. The Balaban J connectivity index is 1.84. The summed E-state index contributed by atoms with van der Waals surface area (Å²) in [5, 5.41) is 0. The Hall–Kier alpha value is -1.19. The van der Waals surface area contributed by atoms with Crippen molar-refractivity contribution in [2.75, 3.05) is 6.61 Å². The number of epoxide rings is 1. The molecule has 0 amide bonds. The van der Waals surface area contributed by atoms with Gasteiger partial charge in [0.25, 0.3) is 0 Å². The highest BCUT2D eigenvalue weighted by atomic mass is 16.6. The molecule has 0 saturated carbocycles. The van der Waals surface area contributed by atoms with Crippen molar-refractivity contribution < 1.29 is 9.53 Å². The van der Waals surface area contributed by atoms with Crippen molar-refractivity contribution in [3.63, 3.8) is 0 Å². The van der Waals surface area contributed by atoms with Crippen molar-refractivity contribution >= 4 is 5.78 Å². The van der Waals surface area contributed by atoms with Crippen LogP contribution in [0.5, 0.6) is 0 Å². The largest absolute Gasteiger partial charge is 0.362 e. The van der Waals surface area contributed by atoms with E-state index < -0.39 is 11.6 Å². The van der Waals surface area contributed by atoms with Gasteiger partial charge in [0.15, 0.2) is 5.78 Å². The lowest BCUT2D eigenvalue weighted by Crippen LogP contribution is -2.39. The van der Waals surface area contributed by atoms with Gasteiger partial charge in [0, 0.05) is 0 Å². The molecule has 0 aliphatic carbocycles. The quantitative estimate of drug-likeness (QED) is 0.759. The molecule has 1 aliphatic rings. The molecule has 0 spiro atoms. The molecule has 3 nitrogen and oxygen atoms in total. The van der Waals surface area contributed by atoms with E-state index in [4.69, 9.17) is 10.5 Å². The number of aryl methyl sites for hydroxylation is 1. The first-order valence-corrected chi connectivity index (χ1v) is 5.59. The van der Waals surface area contributed by atoms with Crippen LogP contribution in [0.3, 0.4) is 0 Å². The van der Waals surface area contributed by atoms with E-state index in [-0.39, 0.29) is 5.78 Å². The van der Waals surface area contributed by atoms with Gasteiger partial charge in [0.2, 0.25) is 0 Å². The van der Waals surface area contributed by atoms with E-state index in [9.17, 15) is 4.79 Å². The molecule has 1 aromatic rings. The lowest BCUT2D eigenvalue weighted by Gasteiger charge is -2.12. The van der Waals surface area contributed by atoms with Crippen molar-refractivity contribution in [3.8, 4) is 0 Å². The summed E-state index contributed by atoms with van der Waals surface area (Å²) in [7, 11) is 0. The second kappa shape index (κ2) is 4.36. The van der Waals surface area contributed by atoms with Gasteiger partial charge in [-0.05, 0) is 25.3 Å². The van der Waals surface area contributed by atoms with Gasteiger partial charge < -0.3 is 10.5 Å². The van der Waals surface area contributed by atoms with Crippen molar-refractivity contribution in [2.45, 2.75) is 31.4 Å². The average Bonchev–Trinajstić information content (AvgIpc) is 3.06. The fraction of sp³-hybridized carbons (Fsp3) is 0.462. The minimum atomic E-state index is -0.587. The zero-order valence-corrected chi connectivity index (χ0v) is 9.48. The molecule has 2 atom stereocenters. The molecule has 16 heavy (non-hydrogen) atoms. The van der Waals surface area contributed by atoms with Gasteiger partial charge in [-0.2, -0.15) is 0 Å². The summed E-state index contributed by atoms with van der Waals surface area (Å²) in [6.45, 7) is 2.32. The van der Waals surface area contributed by atoms with Crippen LogP contribution in [-0.4, -0.2) is 24.0 Å². The number of Topliss-reactive ketones (excluding diaryl/α,β-unsaturated/α-hetero) is 1. The molecular formula is C13H17NO2. The van der Waals surface area contributed by atoms with Crippen LogP contribution in [0.4, 0.5) is 0 Å². The van der Waals surface area contributed by atoms with Gasteiger partial charge in [-0.15, -0.1) is 0 Å². The van der Waals surface area contributed by atoms with Crippen LogP contribution in [-0.2, 0) is 16.0 Å². The van der Waals surface area contributed by atoms with E-state index in [1.54, 1.807) is 6.92 Å². The number of hydrogen-bond donors (Lipinski definition) is 1. The third-order valence-corrected chi connectivity index (χ3v) is 3.02. The van der Waals surface area contributed by atoms with Crippen LogP contribution in [0.25, 0.3) is 0 Å². The molecule has 0 aromatic heterocycles. The van der Waals surface area contributed by atoms with Gasteiger partial charge in [-0.3, -0.25) is 4.79 Å². The van der Waals surface area contributed by atoms with E-state index in [2.05, 4.69) is 0 Å². The van der Waals surface area contributed by atoms with Crippen LogP contribution in [0, 0.1) is 0 Å². The highest BCUT2D eigenvalue weighted by Crippen LogP contribution is 2.28. The predicted molar refractivity (Wildman–Crippen MR) is 62.1 cm³/mol. The maximum atomic E-state index is 11.8. The average molecular weight is 219 g/mol. The Morgan fingerprint density at radius 1 is 1.50 bits per heavy atom. The van der Waals surface area contributed by atoms with Gasteiger partial charge in [-0.1, -0.05) is 30.3 Å². The lowest BCUT2D eigenvalue weighted by molar-refractivity contribution is -0.124. The molecule has 0 unspecified atom stereocenters. The number of benzene rings is 1. The SMILES string of the molecule is C[C@]1(C(=O)[C@@H](N)CCc2ccccc2)CO1. The summed E-state index contributed by atoms with van der Waals surface area (Å²) in [4.78, 5) is 11.8. The standard InChI is InChI=1S/C13H17NO2/c1-13(9-16-13)12(15)11(14)8-7-10-5-3-2-4-6-10/h2-6,11H,7-9,14H2,1H3/t11-,13+/m0/s1. The van der Waals surface area contributed by atoms with Gasteiger partial charge in [0.1, 0.15) is 5.60 Å². The predicted octanol–water partition coefficient (Wildman–Crippen LogP) is 1.30. The summed E-state index contributed by atoms with van der Waals surface area (Å²) >= 11 is 0. The van der Waals surface area contributed by atoms with Crippen molar-refractivity contribution in [3.05, 3.63) is 35.9 Å². The molecule has 86 valence electrons. The van der Waals surface area contributed by atoms with Crippen LogP contribution >= 0.6 is 0 Å². The van der Waals surface area contributed by atoms with Crippen LogP contribution in [0.1, 0.15) is 18.9 Å². The molecule has 1 aliphatic heterocycles. The number of ketones is 1. The normalized spacial score (nSPS) is 25.1. The Morgan fingerprint density at radius 2 is 2.12 bits per heavy atom. The summed E-state index contributed by atoms with van der Waals surface area (Å²) in [6.07, 6.45) is 1.52. The number of carbonyl (C=O) groups is 1. The monoisotopic (exact) mass is 219 g/mol. The Bertz CT molecular complexity index is 371. The molecule has 3 heteroatoms. The maximum Gasteiger partial charge on any atom is 0.183 e. The van der Waals surface area contributed by atoms with E-state index in [0.717, 1.165) is 6.42 Å². The van der Waals surface area contributed by atoms with Crippen molar-refractivity contribution in [2.24, 2.45) is 5.73 Å². The van der Waals surface area contributed by atoms with E-state index in [0.29, 0.717) is 13.0 Å². The van der Waals surface area contributed by atoms with Crippen LogP contribution in [0.2, 0.25) is 0 Å². The molecule has 2 N–H and O–H groups in total. The number of hydrogen-bond acceptors (Lipinski definition) is 3. The zero-order valence-electron chi connectivity index (χ0n) is 9.48. The molecule has 0 radical (unpaired) electrons. The molecular weight excluding hydrogens is 202 g/mol. The second-order valence-electron chi connectivity index (χ2n) is 4.51. The van der Waals surface area contributed by atoms with Gasteiger partial charge in [0.05, 0.1) is 12.6 Å². The first-order chi connectivity index (χ1) is 7.62. The van der Waals surface area contributed by atoms with E-state index in [1.807, 2.05) is 30.3 Å². The van der Waals surface area contributed by atoms with Gasteiger partial charge >= 0.3 is 0 Å². The summed E-state index contributed by atoms with van der Waals surface area (Å²) in [5.41, 5.74) is 6.49. The fourth-order valence-electron chi connectivity index (χ4n) is 1.74. The summed E-state index contributed by atoms with van der Waals surface area (Å²) in [6, 6.07) is 9.65. The minimum Gasteiger partial charge on any atom is -0.362 e. The minimum absolute atomic E-state index is 0.0310. The molecule has 1 fully saturated rings. The number of rotatable bonds is 5. The van der Waals surface area contributed by atoms with Crippen LogP contribution < -0.4 is 5.73 Å². The zero-order chi connectivity index (χ0) is 11.6. The fourth-order valence-corrected chi connectivity index (χ4v) is 1.74. The third-order valence-electron chi connectivity index (χ3n) is 3.02. The molecule has 1 heterocycles. The van der Waals surface area contributed by atoms with Crippen molar-refractivity contribution in [1.82, 2.24) is 0 Å². The first kappa shape index (κ1) is 11.3. The summed E-state index contributed by atoms with van der Waals surface area (Å²) in [5.74, 6) is 0.0310. The molecule has 0 bridgehead atoms. The molecule has 2 rings (SSSR count). The van der Waals surface area contributed by atoms with Crippen molar-refractivity contribution in [1.29, 1.82) is 0 Å². The first-order valence-electron chi connectivity index (χ1n) is 5.59. The summed E-state index contributed by atoms with van der Waals surface area (Å²) < 4.78 is 5.10. The van der Waals surface area contributed by atoms with E-state index in [1.165, 1.54) is 5.56 Å². The Morgan fingerprint density at radius 3 is 2.69 bits per heavy atom. The number of carbonyl (C=O) groups excluding carboxylic acids is 1. The maximum absolute atomic E-state index is 11.8. The highest BCUT2D eigenvalue weighted by Gasteiger charge is 2.48. The Labute approximate surface area is 95.6 Å².